The summed E-state index contributed by atoms with van der Waals surface area (Å²) >= 11 is 0. The summed E-state index contributed by atoms with van der Waals surface area (Å²) in [5, 5.41) is 22.5. The predicted octanol–water partition coefficient (Wildman–Crippen LogP) is 2.65. The highest BCUT2D eigenvalue weighted by molar-refractivity contribution is 5.99. The molecular formula is C39H47N9O5. The van der Waals surface area contributed by atoms with E-state index in [2.05, 4.69) is 36.8 Å². The third-order valence-electron chi connectivity index (χ3n) is 8.96. The van der Waals surface area contributed by atoms with E-state index in [0.29, 0.717) is 56.6 Å². The number of carbonyl (C=O) groups excluding carboxylic acids is 5. The van der Waals surface area contributed by atoms with Gasteiger partial charge in [-0.2, -0.15) is 0 Å². The molecular weight excluding hydrogens is 674 g/mol. The van der Waals surface area contributed by atoms with E-state index < -0.39 is 35.8 Å². The van der Waals surface area contributed by atoms with Crippen LogP contribution in [0.25, 0.3) is 0 Å². The standard InChI is InChI=1S/C39H47N9O5/c1-26(2)21-33-37(51)42-27(3)35(49)40-19-7-8-20-47(39(53)32-17-13-30(14-18-32)24-48-25-41-45-46-48)23-29-11-15-31(16-12-29)36(50)43-34(38(52)44-33)22-28-9-5-4-6-10-28/h4-6,9-18,25-27,33-34H,7-8,19-24H2,1-3H3,(H,40,49)(H,42,51)(H,43,50)(H,44,52)/t27-,33+,34-/m1/s1. The van der Waals surface area contributed by atoms with Crippen LogP contribution in [-0.2, 0) is 33.9 Å². The van der Waals surface area contributed by atoms with Gasteiger partial charge in [-0.05, 0) is 83.5 Å². The second-order valence-electron chi connectivity index (χ2n) is 13.8. The molecule has 4 N–H and O–H groups in total. The molecule has 4 aromatic rings. The third kappa shape index (κ3) is 11.3. The van der Waals surface area contributed by atoms with Gasteiger partial charge >= 0.3 is 0 Å². The van der Waals surface area contributed by atoms with Crippen LogP contribution in [0.1, 0.15) is 77.4 Å². The third-order valence-corrected chi connectivity index (χ3v) is 8.96. The molecule has 2 bridgehead atoms. The second-order valence-corrected chi connectivity index (χ2v) is 13.8. The molecule has 0 unspecified atom stereocenters. The van der Waals surface area contributed by atoms with Crippen molar-refractivity contribution in [1.29, 1.82) is 0 Å². The lowest BCUT2D eigenvalue weighted by Gasteiger charge is -2.25. The Hall–Kier alpha value is -5.92. The summed E-state index contributed by atoms with van der Waals surface area (Å²) in [6, 6.07) is 20.8. The highest BCUT2D eigenvalue weighted by atomic mass is 16.2. The Bertz CT molecular complexity index is 1830. The minimum Gasteiger partial charge on any atom is -0.354 e. The van der Waals surface area contributed by atoms with Gasteiger partial charge in [-0.25, -0.2) is 4.68 Å². The average Bonchev–Trinajstić information content (AvgIpc) is 3.66. The Labute approximate surface area is 309 Å². The molecule has 0 aliphatic carbocycles. The maximum Gasteiger partial charge on any atom is 0.254 e. The lowest BCUT2D eigenvalue weighted by atomic mass is 10.0. The molecule has 6 rings (SSSR count). The van der Waals surface area contributed by atoms with Gasteiger partial charge in [-0.15, -0.1) is 5.10 Å². The van der Waals surface area contributed by atoms with E-state index >= 15 is 0 Å². The van der Waals surface area contributed by atoms with Gasteiger partial charge in [0.2, 0.25) is 17.7 Å². The van der Waals surface area contributed by atoms with Crippen molar-refractivity contribution in [1.82, 2.24) is 46.4 Å². The van der Waals surface area contributed by atoms with Gasteiger partial charge in [0.15, 0.2) is 0 Å². The molecule has 2 aliphatic heterocycles. The Morgan fingerprint density at radius 3 is 2.21 bits per heavy atom. The molecule has 0 saturated heterocycles. The van der Waals surface area contributed by atoms with Crippen molar-refractivity contribution >= 4 is 29.5 Å². The van der Waals surface area contributed by atoms with Crippen molar-refractivity contribution in [2.45, 2.75) is 77.7 Å². The molecule has 3 atom stereocenters. The van der Waals surface area contributed by atoms with Crippen LogP contribution in [0, 0.1) is 5.92 Å². The van der Waals surface area contributed by atoms with Crippen molar-refractivity contribution in [3.05, 3.63) is 113 Å². The van der Waals surface area contributed by atoms with Gasteiger partial charge in [-0.1, -0.05) is 68.4 Å². The summed E-state index contributed by atoms with van der Waals surface area (Å²) in [6.07, 6.45) is 3.25. The fraction of sp³-hybridized carbons (Fsp3) is 0.385. The molecule has 0 fully saturated rings. The molecule has 1 aromatic heterocycles. The van der Waals surface area contributed by atoms with Gasteiger partial charge in [0, 0.05) is 37.2 Å². The number of aromatic nitrogens is 4. The topological polar surface area (TPSA) is 180 Å². The first-order valence-corrected chi connectivity index (χ1v) is 18.0. The van der Waals surface area contributed by atoms with Crippen LogP contribution >= 0.6 is 0 Å². The first-order chi connectivity index (χ1) is 25.5. The molecule has 0 radical (unpaired) electrons. The number of nitrogens with zero attached hydrogens (tertiary/aromatic N) is 5. The molecule has 0 saturated carbocycles. The summed E-state index contributed by atoms with van der Waals surface area (Å²) in [6.45, 7) is 6.99. The van der Waals surface area contributed by atoms with Crippen molar-refractivity contribution < 1.29 is 24.0 Å². The monoisotopic (exact) mass is 721 g/mol. The maximum atomic E-state index is 13.8. The normalized spacial score (nSPS) is 19.5. The zero-order valence-corrected chi connectivity index (χ0v) is 30.3. The first-order valence-electron chi connectivity index (χ1n) is 18.0. The van der Waals surface area contributed by atoms with Crippen molar-refractivity contribution in [2.24, 2.45) is 5.92 Å². The van der Waals surface area contributed by atoms with Crippen LogP contribution in [0.2, 0.25) is 0 Å². The van der Waals surface area contributed by atoms with Crippen LogP contribution < -0.4 is 21.3 Å². The highest BCUT2D eigenvalue weighted by Crippen LogP contribution is 2.15. The summed E-state index contributed by atoms with van der Waals surface area (Å²) in [4.78, 5) is 69.4. The zero-order chi connectivity index (χ0) is 37.7. The molecule has 278 valence electrons. The lowest BCUT2D eigenvalue weighted by Crippen LogP contribution is -2.57. The van der Waals surface area contributed by atoms with Gasteiger partial charge in [0.1, 0.15) is 24.5 Å². The quantitative estimate of drug-likeness (QED) is 0.210. The number of benzene rings is 3. The molecule has 53 heavy (non-hydrogen) atoms. The van der Waals surface area contributed by atoms with Crippen molar-refractivity contribution in [3.63, 3.8) is 0 Å². The molecule has 5 amide bonds. The summed E-state index contributed by atoms with van der Waals surface area (Å²) in [5.41, 5.74) is 3.44. The van der Waals surface area contributed by atoms with Crippen molar-refractivity contribution in [3.8, 4) is 0 Å². The van der Waals surface area contributed by atoms with E-state index in [1.54, 1.807) is 52.9 Å². The number of hydrogen-bond donors (Lipinski definition) is 4. The SMILES string of the molecule is CC(C)C[C@@H]1NC(=O)[C@@H](Cc2ccccc2)NC(=O)c2ccc(cc2)CN(C(=O)c2ccc(Cn3cnnn3)cc2)CCCCNC(=O)[C@@H](C)NC1=O. The van der Waals surface area contributed by atoms with Gasteiger partial charge < -0.3 is 26.2 Å². The van der Waals surface area contributed by atoms with Gasteiger partial charge in [0.25, 0.3) is 11.8 Å². The zero-order valence-electron chi connectivity index (χ0n) is 30.3. The molecule has 0 spiro atoms. The number of tetrazole rings is 1. The van der Waals surface area contributed by atoms with E-state index in [4.69, 9.17) is 0 Å². The summed E-state index contributed by atoms with van der Waals surface area (Å²) in [5.74, 6) is -1.92. The van der Waals surface area contributed by atoms with Crippen molar-refractivity contribution in [2.75, 3.05) is 13.1 Å². The van der Waals surface area contributed by atoms with E-state index in [1.165, 1.54) is 6.33 Å². The Balaban J connectivity index is 1.38. The number of nitrogens with one attached hydrogen (secondary N) is 4. The Morgan fingerprint density at radius 2 is 1.53 bits per heavy atom. The minimum atomic E-state index is -0.991. The maximum absolute atomic E-state index is 13.8. The van der Waals surface area contributed by atoms with E-state index in [1.807, 2.05) is 56.3 Å². The first kappa shape index (κ1) is 38.3. The highest BCUT2D eigenvalue weighted by Gasteiger charge is 2.29. The fourth-order valence-electron chi connectivity index (χ4n) is 6.06. The largest absolute Gasteiger partial charge is 0.354 e. The number of amides is 5. The summed E-state index contributed by atoms with van der Waals surface area (Å²) in [7, 11) is 0. The minimum absolute atomic E-state index is 0.0549. The molecule has 3 heterocycles. The van der Waals surface area contributed by atoms with Crippen LogP contribution in [0.15, 0.2) is 85.2 Å². The Kier molecular flexibility index (Phi) is 13.4. The summed E-state index contributed by atoms with van der Waals surface area (Å²) < 4.78 is 1.59. The number of hydrogen-bond acceptors (Lipinski definition) is 8. The van der Waals surface area contributed by atoms with Crippen LogP contribution in [0.4, 0.5) is 0 Å². The Morgan fingerprint density at radius 1 is 0.811 bits per heavy atom. The second kappa shape index (κ2) is 18.5. The molecule has 2 aliphatic rings. The average molecular weight is 722 g/mol. The van der Waals surface area contributed by atoms with E-state index in [-0.39, 0.29) is 24.2 Å². The van der Waals surface area contributed by atoms with Crippen LogP contribution in [0.3, 0.4) is 0 Å². The number of carbonyl (C=O) groups is 5. The smallest absolute Gasteiger partial charge is 0.254 e. The van der Waals surface area contributed by atoms with E-state index in [9.17, 15) is 24.0 Å². The van der Waals surface area contributed by atoms with E-state index in [0.717, 1.165) is 16.7 Å². The van der Waals surface area contributed by atoms with Crippen LogP contribution in [0.5, 0.6) is 0 Å². The fourth-order valence-corrected chi connectivity index (χ4v) is 6.06. The number of rotatable bonds is 7. The predicted molar refractivity (Wildman–Crippen MR) is 197 cm³/mol. The van der Waals surface area contributed by atoms with Gasteiger partial charge in [0.05, 0.1) is 6.54 Å². The molecule has 3 aromatic carbocycles. The number of fused-ring (bicyclic) bond motifs is 18. The lowest BCUT2D eigenvalue weighted by molar-refractivity contribution is -0.132. The van der Waals surface area contributed by atoms with Crippen LogP contribution in [-0.4, -0.2) is 85.9 Å². The van der Waals surface area contributed by atoms with Gasteiger partial charge in [-0.3, -0.25) is 24.0 Å². The molecule has 14 heteroatoms. The molecule has 14 nitrogen and oxygen atoms in total.